The van der Waals surface area contributed by atoms with Crippen molar-refractivity contribution in [2.45, 2.75) is 70.1 Å². The van der Waals surface area contributed by atoms with Gasteiger partial charge in [0.05, 0.1) is 6.42 Å². The van der Waals surface area contributed by atoms with Crippen LogP contribution >= 0.6 is 0 Å². The number of hydrogen-bond acceptors (Lipinski definition) is 4. The number of carbonyl (C=O) groups excluding carboxylic acids is 2. The number of nitrogens with one attached hydrogen (secondary N) is 2. The van der Waals surface area contributed by atoms with E-state index in [1.165, 1.54) is 0 Å². The lowest BCUT2D eigenvalue weighted by Gasteiger charge is -2.55. The van der Waals surface area contributed by atoms with Crippen LogP contribution in [-0.2, 0) is 9.59 Å². The van der Waals surface area contributed by atoms with Crippen LogP contribution in [-0.4, -0.2) is 39.9 Å². The molecule has 0 spiro atoms. The second-order valence-corrected chi connectivity index (χ2v) is 6.92. The van der Waals surface area contributed by atoms with E-state index >= 15 is 0 Å². The maximum atomic E-state index is 12.7. The molecule has 2 fully saturated rings. The van der Waals surface area contributed by atoms with Crippen molar-refractivity contribution in [2.24, 2.45) is 5.73 Å². The molecule has 2 aliphatic heterocycles. The highest BCUT2D eigenvalue weighted by molar-refractivity contribution is 5.91. The molecule has 0 bridgehead atoms. The standard InChI is InChI=1S/C13H24N4O2/c1-12(2)6-8(14)7-13(3,4)17(12)11(19)9-5-10(18)16-15-9/h8-9,15H,5-7,14H2,1-4H3,(H,16,18). The van der Waals surface area contributed by atoms with Crippen LogP contribution in [0.2, 0.25) is 0 Å². The van der Waals surface area contributed by atoms with Gasteiger partial charge >= 0.3 is 0 Å². The van der Waals surface area contributed by atoms with E-state index < -0.39 is 6.04 Å². The zero-order chi connectivity index (χ0) is 14.4. The fourth-order valence-electron chi connectivity index (χ4n) is 3.71. The van der Waals surface area contributed by atoms with Crippen molar-refractivity contribution >= 4 is 11.8 Å². The molecule has 0 aromatic rings. The summed E-state index contributed by atoms with van der Waals surface area (Å²) in [7, 11) is 0. The van der Waals surface area contributed by atoms with Crippen LogP contribution in [0.15, 0.2) is 0 Å². The molecule has 4 N–H and O–H groups in total. The SMILES string of the molecule is CC1(C)CC(N)CC(C)(C)N1C(=O)C1CC(=O)NN1. The number of piperidine rings is 1. The number of likely N-dealkylation sites (tertiary alicyclic amines) is 1. The highest BCUT2D eigenvalue weighted by Crippen LogP contribution is 2.38. The van der Waals surface area contributed by atoms with Gasteiger partial charge in [-0.05, 0) is 40.5 Å². The zero-order valence-electron chi connectivity index (χ0n) is 12.1. The molecule has 2 aliphatic rings. The number of hydrogen-bond donors (Lipinski definition) is 3. The van der Waals surface area contributed by atoms with Gasteiger partial charge in [0.25, 0.3) is 0 Å². The van der Waals surface area contributed by atoms with E-state index in [1.54, 1.807) is 0 Å². The molecule has 0 aliphatic carbocycles. The first-order valence-electron chi connectivity index (χ1n) is 6.78. The van der Waals surface area contributed by atoms with Crippen molar-refractivity contribution in [3.8, 4) is 0 Å². The lowest BCUT2D eigenvalue weighted by Crippen LogP contribution is -2.67. The largest absolute Gasteiger partial charge is 0.331 e. The summed E-state index contributed by atoms with van der Waals surface area (Å²) in [6.07, 6.45) is 1.75. The third-order valence-corrected chi connectivity index (χ3v) is 4.03. The van der Waals surface area contributed by atoms with Gasteiger partial charge in [0.2, 0.25) is 11.8 Å². The van der Waals surface area contributed by atoms with Crippen molar-refractivity contribution in [1.82, 2.24) is 15.8 Å². The second kappa shape index (κ2) is 4.45. The molecular weight excluding hydrogens is 244 g/mol. The van der Waals surface area contributed by atoms with Crippen LogP contribution in [0, 0.1) is 0 Å². The van der Waals surface area contributed by atoms with Gasteiger partial charge in [-0.1, -0.05) is 0 Å². The average Bonchev–Trinajstić information content (AvgIpc) is 2.59. The summed E-state index contributed by atoms with van der Waals surface area (Å²) in [5.41, 5.74) is 10.8. The molecule has 2 saturated heterocycles. The minimum Gasteiger partial charge on any atom is -0.331 e. The molecule has 1 atom stereocenters. The summed E-state index contributed by atoms with van der Waals surface area (Å²) in [5, 5.41) is 0. The third kappa shape index (κ3) is 2.60. The normalized spacial score (nSPS) is 30.3. The summed E-state index contributed by atoms with van der Waals surface area (Å²) < 4.78 is 0. The Morgan fingerprint density at radius 3 is 2.21 bits per heavy atom. The summed E-state index contributed by atoms with van der Waals surface area (Å²) in [5.74, 6) is -0.164. The second-order valence-electron chi connectivity index (χ2n) is 6.92. The molecule has 0 saturated carbocycles. The molecule has 2 rings (SSSR count). The zero-order valence-corrected chi connectivity index (χ0v) is 12.1. The van der Waals surface area contributed by atoms with Crippen molar-refractivity contribution in [2.75, 3.05) is 0 Å². The number of carbonyl (C=O) groups is 2. The van der Waals surface area contributed by atoms with E-state index in [-0.39, 0.29) is 35.4 Å². The lowest BCUT2D eigenvalue weighted by atomic mass is 9.76. The quantitative estimate of drug-likeness (QED) is 0.619. The molecule has 108 valence electrons. The lowest BCUT2D eigenvalue weighted by molar-refractivity contribution is -0.152. The summed E-state index contributed by atoms with van der Waals surface area (Å²) >= 11 is 0. The Balaban J connectivity index is 2.24. The molecule has 1 unspecified atom stereocenters. The number of rotatable bonds is 1. The summed E-state index contributed by atoms with van der Waals surface area (Å²) in [6, 6.07) is -0.370. The van der Waals surface area contributed by atoms with Gasteiger partial charge in [0, 0.05) is 17.1 Å². The Morgan fingerprint density at radius 2 is 1.79 bits per heavy atom. The van der Waals surface area contributed by atoms with E-state index in [2.05, 4.69) is 10.9 Å². The van der Waals surface area contributed by atoms with Crippen LogP contribution in [0.25, 0.3) is 0 Å². The van der Waals surface area contributed by atoms with Gasteiger partial charge in [0.1, 0.15) is 6.04 Å². The molecule has 19 heavy (non-hydrogen) atoms. The molecule has 2 heterocycles. The van der Waals surface area contributed by atoms with Crippen LogP contribution in [0.5, 0.6) is 0 Å². The van der Waals surface area contributed by atoms with E-state index in [0.717, 1.165) is 12.8 Å². The van der Waals surface area contributed by atoms with E-state index in [0.29, 0.717) is 0 Å². The van der Waals surface area contributed by atoms with Crippen LogP contribution in [0.1, 0.15) is 47.0 Å². The highest BCUT2D eigenvalue weighted by atomic mass is 16.2. The molecule has 6 heteroatoms. The minimum absolute atomic E-state index is 0.0275. The van der Waals surface area contributed by atoms with Gasteiger partial charge < -0.3 is 10.6 Å². The predicted molar refractivity (Wildman–Crippen MR) is 71.9 cm³/mol. The van der Waals surface area contributed by atoms with E-state index in [4.69, 9.17) is 5.73 Å². The Kier molecular flexibility index (Phi) is 3.35. The predicted octanol–water partition coefficient (Wildman–Crippen LogP) is -0.114. The van der Waals surface area contributed by atoms with Gasteiger partial charge in [-0.25, -0.2) is 5.43 Å². The number of hydrazine groups is 1. The summed E-state index contributed by atoms with van der Waals surface area (Å²) in [4.78, 5) is 25.9. The van der Waals surface area contributed by atoms with Gasteiger partial charge in [0.15, 0.2) is 0 Å². The number of nitrogens with two attached hydrogens (primary N) is 1. The van der Waals surface area contributed by atoms with Crippen molar-refractivity contribution in [3.05, 3.63) is 0 Å². The first kappa shape index (κ1) is 14.3. The van der Waals surface area contributed by atoms with Gasteiger partial charge in [-0.2, -0.15) is 0 Å². The fourth-order valence-corrected chi connectivity index (χ4v) is 3.71. The van der Waals surface area contributed by atoms with Crippen molar-refractivity contribution in [1.29, 1.82) is 0 Å². The van der Waals surface area contributed by atoms with Crippen LogP contribution in [0.3, 0.4) is 0 Å². The average molecular weight is 268 g/mol. The van der Waals surface area contributed by atoms with Crippen LogP contribution < -0.4 is 16.6 Å². The first-order chi connectivity index (χ1) is 8.63. The van der Waals surface area contributed by atoms with Crippen LogP contribution in [0.4, 0.5) is 0 Å². The Labute approximate surface area is 114 Å². The highest BCUT2D eigenvalue weighted by Gasteiger charge is 2.49. The maximum absolute atomic E-state index is 12.7. The first-order valence-corrected chi connectivity index (χ1v) is 6.78. The van der Waals surface area contributed by atoms with Gasteiger partial charge in [-0.15, -0.1) is 0 Å². The molecule has 0 aromatic heterocycles. The van der Waals surface area contributed by atoms with Crippen molar-refractivity contribution in [3.63, 3.8) is 0 Å². The molecule has 2 amide bonds. The maximum Gasteiger partial charge on any atom is 0.242 e. The minimum atomic E-state index is -0.472. The molecular formula is C13H24N4O2. The van der Waals surface area contributed by atoms with Crippen molar-refractivity contribution < 1.29 is 9.59 Å². The Hall–Kier alpha value is -1.14. The van der Waals surface area contributed by atoms with Gasteiger partial charge in [-0.3, -0.25) is 15.0 Å². The molecule has 0 radical (unpaired) electrons. The monoisotopic (exact) mass is 268 g/mol. The smallest absolute Gasteiger partial charge is 0.242 e. The summed E-state index contributed by atoms with van der Waals surface area (Å²) in [6.45, 7) is 8.15. The topological polar surface area (TPSA) is 87.5 Å². The molecule has 6 nitrogen and oxygen atoms in total. The Bertz CT molecular complexity index is 387. The third-order valence-electron chi connectivity index (χ3n) is 4.03. The fraction of sp³-hybridized carbons (Fsp3) is 0.846. The number of amides is 2. The van der Waals surface area contributed by atoms with E-state index in [1.807, 2.05) is 32.6 Å². The molecule has 0 aromatic carbocycles. The van der Waals surface area contributed by atoms with E-state index in [9.17, 15) is 9.59 Å². The number of nitrogens with zero attached hydrogens (tertiary/aromatic N) is 1. The Morgan fingerprint density at radius 1 is 1.26 bits per heavy atom.